The van der Waals surface area contributed by atoms with Gasteiger partial charge >= 0.3 is 0 Å². The van der Waals surface area contributed by atoms with Crippen molar-refractivity contribution in [3.05, 3.63) is 51.9 Å². The molecule has 0 unspecified atom stereocenters. The third kappa shape index (κ3) is 2.63. The van der Waals surface area contributed by atoms with E-state index in [0.717, 1.165) is 3.57 Å². The van der Waals surface area contributed by atoms with Gasteiger partial charge in [-0.3, -0.25) is 0 Å². The van der Waals surface area contributed by atoms with Crippen molar-refractivity contribution >= 4 is 28.3 Å². The van der Waals surface area contributed by atoms with Gasteiger partial charge in [0.25, 0.3) is 0 Å². The van der Waals surface area contributed by atoms with E-state index >= 15 is 0 Å². The van der Waals surface area contributed by atoms with Crippen LogP contribution in [0.25, 0.3) is 0 Å². The Morgan fingerprint density at radius 3 is 2.38 bits per heavy atom. The maximum atomic E-state index is 12.8. The maximum absolute atomic E-state index is 12.8. The quantitative estimate of drug-likeness (QED) is 0.672. The second kappa shape index (κ2) is 4.69. The maximum Gasteiger partial charge on any atom is 0.150 e. The molecule has 2 N–H and O–H groups in total. The summed E-state index contributed by atoms with van der Waals surface area (Å²) >= 11 is 2.21. The lowest BCUT2D eigenvalue weighted by atomic mass is 10.3. The Balaban J connectivity index is 2.23. The summed E-state index contributed by atoms with van der Waals surface area (Å²) in [6.07, 6.45) is 0. The number of nitrogens with two attached hydrogens (primary N) is 1. The molecule has 0 radical (unpaired) electrons. The summed E-state index contributed by atoms with van der Waals surface area (Å²) in [6.45, 7) is 0. The summed E-state index contributed by atoms with van der Waals surface area (Å²) in [7, 11) is 0. The minimum Gasteiger partial charge on any atom is -0.455 e. The highest BCUT2D eigenvalue weighted by Gasteiger charge is 2.03. The molecule has 0 aromatic heterocycles. The van der Waals surface area contributed by atoms with Gasteiger partial charge in [-0.1, -0.05) is 0 Å². The molecule has 2 rings (SSSR count). The van der Waals surface area contributed by atoms with Gasteiger partial charge in [0.15, 0.2) is 5.75 Å². The van der Waals surface area contributed by atoms with Crippen LogP contribution in [-0.2, 0) is 0 Å². The van der Waals surface area contributed by atoms with Gasteiger partial charge in [-0.05, 0) is 59.0 Å². The first-order valence-electron chi connectivity index (χ1n) is 4.63. The number of rotatable bonds is 2. The summed E-state index contributed by atoms with van der Waals surface area (Å²) in [4.78, 5) is 0. The Bertz CT molecular complexity index is 499. The molecule has 0 aliphatic heterocycles. The number of anilines is 1. The van der Waals surface area contributed by atoms with Gasteiger partial charge < -0.3 is 10.5 Å². The summed E-state index contributed by atoms with van der Waals surface area (Å²) in [6, 6.07) is 11.6. The minimum absolute atomic E-state index is 0.290. The monoisotopic (exact) mass is 329 g/mol. The Kier molecular flexibility index (Phi) is 3.28. The number of halogens is 2. The van der Waals surface area contributed by atoms with Crippen LogP contribution in [-0.4, -0.2) is 0 Å². The largest absolute Gasteiger partial charge is 0.455 e. The van der Waals surface area contributed by atoms with Gasteiger partial charge in [0, 0.05) is 9.64 Å². The summed E-state index contributed by atoms with van der Waals surface area (Å²) < 4.78 is 19.4. The standard InChI is InChI=1S/C12H9FINO/c13-8-1-6-12(11(15)7-8)16-10-4-2-9(14)3-5-10/h1-7H,15H2. The fraction of sp³-hybridized carbons (Fsp3) is 0. The average molecular weight is 329 g/mol. The molecule has 82 valence electrons. The molecule has 0 aliphatic rings. The van der Waals surface area contributed by atoms with Crippen LogP contribution in [0.4, 0.5) is 10.1 Å². The fourth-order valence-corrected chi connectivity index (χ4v) is 1.60. The fourth-order valence-electron chi connectivity index (χ4n) is 1.24. The third-order valence-electron chi connectivity index (χ3n) is 2.01. The summed E-state index contributed by atoms with van der Waals surface area (Å²) in [5, 5.41) is 0. The van der Waals surface area contributed by atoms with Gasteiger partial charge in [-0.2, -0.15) is 0 Å². The van der Waals surface area contributed by atoms with Crippen LogP contribution in [0.5, 0.6) is 11.5 Å². The molecule has 0 aliphatic carbocycles. The molecule has 0 atom stereocenters. The molecule has 0 fully saturated rings. The van der Waals surface area contributed by atoms with E-state index in [0.29, 0.717) is 17.2 Å². The molecular weight excluding hydrogens is 320 g/mol. The predicted octanol–water partition coefficient (Wildman–Crippen LogP) is 3.80. The van der Waals surface area contributed by atoms with Crippen LogP contribution in [0.1, 0.15) is 0 Å². The molecule has 0 heterocycles. The number of benzene rings is 2. The van der Waals surface area contributed by atoms with E-state index in [1.54, 1.807) is 0 Å². The van der Waals surface area contributed by atoms with Crippen LogP contribution in [0, 0.1) is 9.39 Å². The average Bonchev–Trinajstić information content (AvgIpc) is 2.25. The molecule has 2 aromatic rings. The zero-order valence-corrected chi connectivity index (χ0v) is 10.4. The lowest BCUT2D eigenvalue weighted by Gasteiger charge is -2.08. The van der Waals surface area contributed by atoms with E-state index in [-0.39, 0.29) is 5.82 Å². The first kappa shape index (κ1) is 11.2. The van der Waals surface area contributed by atoms with E-state index in [9.17, 15) is 4.39 Å². The topological polar surface area (TPSA) is 35.2 Å². The van der Waals surface area contributed by atoms with Gasteiger partial charge in [-0.15, -0.1) is 0 Å². The molecular formula is C12H9FINO. The SMILES string of the molecule is Nc1cc(F)ccc1Oc1ccc(I)cc1. The molecule has 2 nitrogen and oxygen atoms in total. The Morgan fingerprint density at radius 1 is 1.06 bits per heavy atom. The van der Waals surface area contributed by atoms with Crippen molar-refractivity contribution in [3.63, 3.8) is 0 Å². The third-order valence-corrected chi connectivity index (χ3v) is 2.73. The summed E-state index contributed by atoms with van der Waals surface area (Å²) in [5.41, 5.74) is 5.92. The van der Waals surface area contributed by atoms with Crippen LogP contribution in [0.15, 0.2) is 42.5 Å². The molecule has 0 saturated heterocycles. The molecule has 16 heavy (non-hydrogen) atoms. The van der Waals surface area contributed by atoms with E-state index in [2.05, 4.69) is 22.6 Å². The highest BCUT2D eigenvalue weighted by atomic mass is 127. The Labute approximate surface area is 106 Å². The molecule has 4 heteroatoms. The normalized spacial score (nSPS) is 10.1. The Hall–Kier alpha value is -1.30. The number of nitrogen functional groups attached to an aromatic ring is 1. The van der Waals surface area contributed by atoms with Crippen molar-refractivity contribution in [1.29, 1.82) is 0 Å². The lowest BCUT2D eigenvalue weighted by molar-refractivity contribution is 0.483. The predicted molar refractivity (Wildman–Crippen MR) is 70.0 cm³/mol. The Morgan fingerprint density at radius 2 is 1.75 bits per heavy atom. The highest BCUT2D eigenvalue weighted by molar-refractivity contribution is 14.1. The van der Waals surface area contributed by atoms with Gasteiger partial charge in [0.2, 0.25) is 0 Å². The zero-order chi connectivity index (χ0) is 11.5. The molecule has 0 spiro atoms. The van der Waals surface area contributed by atoms with E-state index in [1.165, 1.54) is 18.2 Å². The van der Waals surface area contributed by atoms with Crippen LogP contribution in [0.3, 0.4) is 0 Å². The molecule has 0 bridgehead atoms. The van der Waals surface area contributed by atoms with Crippen LogP contribution in [0.2, 0.25) is 0 Å². The zero-order valence-electron chi connectivity index (χ0n) is 8.28. The van der Waals surface area contributed by atoms with E-state index in [1.807, 2.05) is 24.3 Å². The minimum atomic E-state index is -0.368. The summed E-state index contributed by atoms with van der Waals surface area (Å²) in [5.74, 6) is 0.772. The van der Waals surface area contributed by atoms with Crippen molar-refractivity contribution in [1.82, 2.24) is 0 Å². The molecule has 2 aromatic carbocycles. The van der Waals surface area contributed by atoms with Crippen molar-refractivity contribution in [3.8, 4) is 11.5 Å². The first-order chi connectivity index (χ1) is 7.65. The van der Waals surface area contributed by atoms with Crippen LogP contribution < -0.4 is 10.5 Å². The number of ether oxygens (including phenoxy) is 1. The van der Waals surface area contributed by atoms with Gasteiger partial charge in [0.1, 0.15) is 11.6 Å². The number of hydrogen-bond acceptors (Lipinski definition) is 2. The molecule has 0 saturated carbocycles. The second-order valence-corrected chi connectivity index (χ2v) is 4.48. The smallest absolute Gasteiger partial charge is 0.150 e. The van der Waals surface area contributed by atoms with Crippen LogP contribution >= 0.6 is 22.6 Å². The van der Waals surface area contributed by atoms with Gasteiger partial charge in [0.05, 0.1) is 5.69 Å². The van der Waals surface area contributed by atoms with Gasteiger partial charge in [-0.25, -0.2) is 4.39 Å². The second-order valence-electron chi connectivity index (χ2n) is 3.24. The molecule has 0 amide bonds. The van der Waals surface area contributed by atoms with Crippen molar-refractivity contribution in [2.45, 2.75) is 0 Å². The van der Waals surface area contributed by atoms with E-state index < -0.39 is 0 Å². The number of hydrogen-bond donors (Lipinski definition) is 1. The van der Waals surface area contributed by atoms with Crippen molar-refractivity contribution < 1.29 is 9.13 Å². The highest BCUT2D eigenvalue weighted by Crippen LogP contribution is 2.28. The van der Waals surface area contributed by atoms with Crippen molar-refractivity contribution in [2.75, 3.05) is 5.73 Å². The van der Waals surface area contributed by atoms with Crippen molar-refractivity contribution in [2.24, 2.45) is 0 Å². The first-order valence-corrected chi connectivity index (χ1v) is 5.71. The lowest BCUT2D eigenvalue weighted by Crippen LogP contribution is -1.92. The van der Waals surface area contributed by atoms with E-state index in [4.69, 9.17) is 10.5 Å².